The van der Waals surface area contributed by atoms with Crippen LogP contribution in [0.25, 0.3) is 0 Å². The van der Waals surface area contributed by atoms with Crippen LogP contribution >= 0.6 is 11.6 Å². The van der Waals surface area contributed by atoms with Gasteiger partial charge in [0.25, 0.3) is 0 Å². The monoisotopic (exact) mass is 231 g/mol. The molecule has 0 saturated carbocycles. The van der Waals surface area contributed by atoms with Gasteiger partial charge in [-0.2, -0.15) is 4.39 Å². The van der Waals surface area contributed by atoms with Gasteiger partial charge in [0.15, 0.2) is 0 Å². The second-order valence-electron chi connectivity index (χ2n) is 2.68. The molecule has 0 atom stereocenters. The molecule has 0 spiro atoms. The number of hydrogen-bond acceptors (Lipinski definition) is 3. The number of rotatable bonds is 4. The summed E-state index contributed by atoms with van der Waals surface area (Å²) in [7, 11) is 0. The summed E-state index contributed by atoms with van der Waals surface area (Å²) < 4.78 is 18.0. The van der Waals surface area contributed by atoms with E-state index in [0.29, 0.717) is 0 Å². The van der Waals surface area contributed by atoms with Crippen molar-refractivity contribution in [2.45, 2.75) is 0 Å². The molecule has 15 heavy (non-hydrogen) atoms. The molecular weight excluding hydrogens is 225 g/mol. The van der Waals surface area contributed by atoms with Crippen LogP contribution in [-0.4, -0.2) is 11.5 Å². The van der Waals surface area contributed by atoms with Crippen LogP contribution < -0.4 is 4.74 Å². The molecule has 1 rings (SSSR count). The van der Waals surface area contributed by atoms with Gasteiger partial charge in [0, 0.05) is 17.2 Å². The number of nitro benzene ring substituents is 1. The Morgan fingerprint density at radius 2 is 2.33 bits per heavy atom. The zero-order valence-corrected chi connectivity index (χ0v) is 8.33. The van der Waals surface area contributed by atoms with Crippen molar-refractivity contribution in [2.24, 2.45) is 0 Å². The highest BCUT2D eigenvalue weighted by Crippen LogP contribution is 2.22. The Kier molecular flexibility index (Phi) is 3.62. The second kappa shape index (κ2) is 4.75. The SMILES string of the molecule is C=C(Cl)COc1ccc([N+](=O)[O-])c(F)c1. The molecule has 6 heteroatoms. The number of benzene rings is 1. The van der Waals surface area contributed by atoms with Gasteiger partial charge in [0.1, 0.15) is 12.4 Å². The molecule has 1 aromatic rings. The minimum absolute atomic E-state index is 0.0266. The van der Waals surface area contributed by atoms with Crippen molar-refractivity contribution >= 4 is 17.3 Å². The summed E-state index contributed by atoms with van der Waals surface area (Å²) in [6.45, 7) is 3.40. The van der Waals surface area contributed by atoms with Crippen LogP contribution in [0.15, 0.2) is 29.8 Å². The van der Waals surface area contributed by atoms with Crippen molar-refractivity contribution in [2.75, 3.05) is 6.61 Å². The summed E-state index contributed by atoms with van der Waals surface area (Å²) in [5.41, 5.74) is -0.591. The first-order valence-corrected chi connectivity index (χ1v) is 4.28. The number of hydrogen-bond donors (Lipinski definition) is 0. The van der Waals surface area contributed by atoms with Gasteiger partial charge in [0.05, 0.1) is 4.92 Å². The van der Waals surface area contributed by atoms with Gasteiger partial charge in [-0.15, -0.1) is 0 Å². The summed E-state index contributed by atoms with van der Waals surface area (Å²) in [5.74, 6) is -0.780. The van der Waals surface area contributed by atoms with Gasteiger partial charge in [0.2, 0.25) is 5.82 Å². The Morgan fingerprint density at radius 1 is 1.67 bits per heavy atom. The van der Waals surface area contributed by atoms with E-state index in [9.17, 15) is 14.5 Å². The summed E-state index contributed by atoms with van der Waals surface area (Å²) in [4.78, 5) is 9.48. The standard InChI is InChI=1S/C9H7ClFNO3/c1-6(10)5-15-7-2-3-9(12(13)14)8(11)4-7/h2-4H,1,5H2. The van der Waals surface area contributed by atoms with E-state index >= 15 is 0 Å². The minimum Gasteiger partial charge on any atom is -0.488 e. The van der Waals surface area contributed by atoms with Crippen LogP contribution in [0.1, 0.15) is 0 Å². The first-order chi connectivity index (χ1) is 7.00. The highest BCUT2D eigenvalue weighted by Gasteiger charge is 2.14. The Labute approximate surface area is 90.1 Å². The van der Waals surface area contributed by atoms with E-state index in [1.54, 1.807) is 0 Å². The third-order valence-electron chi connectivity index (χ3n) is 1.51. The third kappa shape index (κ3) is 3.21. The fourth-order valence-electron chi connectivity index (χ4n) is 0.887. The Hall–Kier alpha value is -1.62. The van der Waals surface area contributed by atoms with Crippen LogP contribution in [-0.2, 0) is 0 Å². The van der Waals surface area contributed by atoms with Crippen LogP contribution in [0, 0.1) is 15.9 Å². The predicted octanol–water partition coefficient (Wildman–Crippen LogP) is 2.87. The lowest BCUT2D eigenvalue weighted by atomic mass is 10.3. The first kappa shape index (κ1) is 11.5. The molecule has 0 amide bonds. The highest BCUT2D eigenvalue weighted by atomic mass is 35.5. The zero-order valence-electron chi connectivity index (χ0n) is 7.57. The average molecular weight is 232 g/mol. The molecule has 0 aliphatic carbocycles. The second-order valence-corrected chi connectivity index (χ2v) is 3.21. The maximum Gasteiger partial charge on any atom is 0.305 e. The van der Waals surface area contributed by atoms with Gasteiger partial charge >= 0.3 is 5.69 Å². The highest BCUT2D eigenvalue weighted by molar-refractivity contribution is 6.29. The normalized spacial score (nSPS) is 9.73. The van der Waals surface area contributed by atoms with Crippen molar-refractivity contribution in [3.05, 3.63) is 45.7 Å². The van der Waals surface area contributed by atoms with Crippen LogP contribution in [0.5, 0.6) is 5.75 Å². The van der Waals surface area contributed by atoms with E-state index < -0.39 is 16.4 Å². The van der Waals surface area contributed by atoms with Gasteiger partial charge in [-0.05, 0) is 6.07 Å². The molecule has 4 nitrogen and oxygen atoms in total. The summed E-state index contributed by atoms with van der Waals surface area (Å²) >= 11 is 5.43. The van der Waals surface area contributed by atoms with Crippen LogP contribution in [0.4, 0.5) is 10.1 Å². The molecule has 0 unspecified atom stereocenters. The number of halogens is 2. The lowest BCUT2D eigenvalue weighted by molar-refractivity contribution is -0.387. The van der Waals surface area contributed by atoms with Gasteiger partial charge in [-0.25, -0.2) is 0 Å². The number of ether oxygens (including phenoxy) is 1. The molecule has 0 radical (unpaired) electrons. The Bertz CT molecular complexity index is 408. The van der Waals surface area contributed by atoms with Crippen LogP contribution in [0.2, 0.25) is 0 Å². The summed E-state index contributed by atoms with van der Waals surface area (Å²) in [6.07, 6.45) is 0. The van der Waals surface area contributed by atoms with Crippen molar-refractivity contribution in [1.82, 2.24) is 0 Å². The van der Waals surface area contributed by atoms with E-state index in [1.807, 2.05) is 0 Å². The molecule has 80 valence electrons. The van der Waals surface area contributed by atoms with Crippen molar-refractivity contribution in [1.29, 1.82) is 0 Å². The molecule has 0 fully saturated rings. The van der Waals surface area contributed by atoms with E-state index in [0.717, 1.165) is 12.1 Å². The summed E-state index contributed by atoms with van der Waals surface area (Å²) in [6, 6.07) is 3.25. The van der Waals surface area contributed by atoms with Crippen molar-refractivity contribution in [3.8, 4) is 5.75 Å². The minimum atomic E-state index is -0.947. The molecule has 1 aromatic carbocycles. The smallest absolute Gasteiger partial charge is 0.305 e. The van der Waals surface area contributed by atoms with Gasteiger partial charge < -0.3 is 4.74 Å². The van der Waals surface area contributed by atoms with Gasteiger partial charge in [-0.1, -0.05) is 18.2 Å². The lowest BCUT2D eigenvalue weighted by Crippen LogP contribution is -1.98. The Morgan fingerprint density at radius 3 is 2.80 bits per heavy atom. The molecule has 0 aliphatic heterocycles. The predicted molar refractivity (Wildman–Crippen MR) is 53.5 cm³/mol. The fraction of sp³-hybridized carbons (Fsp3) is 0.111. The largest absolute Gasteiger partial charge is 0.488 e. The van der Waals surface area contributed by atoms with E-state index in [2.05, 4.69) is 6.58 Å². The number of nitrogens with zero attached hydrogens (tertiary/aromatic N) is 1. The molecule has 0 aromatic heterocycles. The maximum absolute atomic E-state index is 13.0. The topological polar surface area (TPSA) is 52.4 Å². The van der Waals surface area contributed by atoms with Crippen molar-refractivity contribution < 1.29 is 14.1 Å². The van der Waals surface area contributed by atoms with E-state index in [4.69, 9.17) is 16.3 Å². The first-order valence-electron chi connectivity index (χ1n) is 3.90. The van der Waals surface area contributed by atoms with Crippen molar-refractivity contribution in [3.63, 3.8) is 0 Å². The van der Waals surface area contributed by atoms with Gasteiger partial charge in [-0.3, -0.25) is 10.1 Å². The molecule has 0 saturated heterocycles. The molecule has 0 aliphatic rings. The maximum atomic E-state index is 13.0. The molecule has 0 N–H and O–H groups in total. The number of nitro groups is 1. The van der Waals surface area contributed by atoms with E-state index in [-0.39, 0.29) is 17.4 Å². The molecule has 0 bridgehead atoms. The quantitative estimate of drug-likeness (QED) is 0.591. The van der Waals surface area contributed by atoms with E-state index in [1.165, 1.54) is 6.07 Å². The Balaban J connectivity index is 2.82. The lowest BCUT2D eigenvalue weighted by Gasteiger charge is -2.04. The third-order valence-corrected chi connectivity index (χ3v) is 1.62. The molecular formula is C9H7ClFNO3. The average Bonchev–Trinajstić information content (AvgIpc) is 2.14. The summed E-state index contributed by atoms with van der Waals surface area (Å²) in [5, 5.41) is 10.5. The fourth-order valence-corrected chi connectivity index (χ4v) is 0.942. The molecule has 0 heterocycles. The zero-order chi connectivity index (χ0) is 11.4. The van der Waals surface area contributed by atoms with Crippen LogP contribution in [0.3, 0.4) is 0 Å².